The quantitative estimate of drug-likeness (QED) is 0.896. The second kappa shape index (κ2) is 5.77. The summed E-state index contributed by atoms with van der Waals surface area (Å²) >= 11 is 3.01. The van der Waals surface area contributed by atoms with Crippen LogP contribution in [0.5, 0.6) is 0 Å². The maximum Gasteiger partial charge on any atom is 0.305 e. The summed E-state index contributed by atoms with van der Waals surface area (Å²) in [5.41, 5.74) is 0.538. The van der Waals surface area contributed by atoms with Crippen molar-refractivity contribution >= 4 is 27.8 Å². The molecule has 1 atom stereocenters. The number of amides is 1. The maximum atomic E-state index is 13.0. The van der Waals surface area contributed by atoms with Crippen LogP contribution in [-0.2, 0) is 9.59 Å². The normalized spacial score (nSPS) is 11.9. The van der Waals surface area contributed by atoms with Gasteiger partial charge < -0.3 is 10.4 Å². The predicted molar refractivity (Wildman–Crippen MR) is 62.9 cm³/mol. The molecule has 0 aromatic heterocycles. The van der Waals surface area contributed by atoms with Crippen molar-refractivity contribution in [1.82, 2.24) is 5.32 Å². The third kappa shape index (κ3) is 4.14. The molecule has 1 aromatic rings. The number of nitrogens with one attached hydrogen (secondary N) is 1. The van der Waals surface area contributed by atoms with Gasteiger partial charge in [-0.1, -0.05) is 6.07 Å². The topological polar surface area (TPSA) is 66.4 Å². The summed E-state index contributed by atoms with van der Waals surface area (Å²) in [7, 11) is 0. The fraction of sp³-hybridized carbons (Fsp3) is 0.273. The number of carboxylic acids is 1. The number of carbonyl (C=O) groups excluding carboxylic acids is 1. The Bertz CT molecular complexity index is 434. The number of rotatable bonds is 4. The summed E-state index contributed by atoms with van der Waals surface area (Å²) in [4.78, 5) is 21.7. The minimum Gasteiger partial charge on any atom is -0.481 e. The van der Waals surface area contributed by atoms with Crippen molar-refractivity contribution in [3.63, 3.8) is 0 Å². The molecule has 1 aromatic carbocycles. The zero-order valence-electron chi connectivity index (χ0n) is 9.04. The Hall–Kier alpha value is -1.43. The van der Waals surface area contributed by atoms with Crippen LogP contribution in [0.25, 0.3) is 0 Å². The SMILES string of the molecule is CC(=O)N[C@@H](CC(=O)O)c1ccc(F)c(Br)c1. The van der Waals surface area contributed by atoms with E-state index in [1.165, 1.54) is 25.1 Å². The van der Waals surface area contributed by atoms with Crippen LogP contribution in [0, 0.1) is 5.82 Å². The molecule has 0 radical (unpaired) electrons. The lowest BCUT2D eigenvalue weighted by atomic mass is 10.0. The van der Waals surface area contributed by atoms with Gasteiger partial charge in [0.25, 0.3) is 0 Å². The Kier molecular flexibility index (Phi) is 4.62. The lowest BCUT2D eigenvalue weighted by Gasteiger charge is -2.16. The summed E-state index contributed by atoms with van der Waals surface area (Å²) in [5.74, 6) is -1.81. The van der Waals surface area contributed by atoms with E-state index in [2.05, 4.69) is 21.2 Å². The number of hydrogen-bond acceptors (Lipinski definition) is 2. The van der Waals surface area contributed by atoms with Gasteiger partial charge in [-0.05, 0) is 33.6 Å². The monoisotopic (exact) mass is 303 g/mol. The molecule has 6 heteroatoms. The smallest absolute Gasteiger partial charge is 0.305 e. The molecule has 0 saturated heterocycles. The summed E-state index contributed by atoms with van der Waals surface area (Å²) in [6, 6.07) is 3.46. The predicted octanol–water partition coefficient (Wildman–Crippen LogP) is 2.24. The molecular weight excluding hydrogens is 293 g/mol. The van der Waals surface area contributed by atoms with Gasteiger partial charge in [-0.15, -0.1) is 0 Å². The first-order chi connectivity index (χ1) is 7.90. The summed E-state index contributed by atoms with van der Waals surface area (Å²) in [6.45, 7) is 1.30. The molecule has 92 valence electrons. The van der Waals surface area contributed by atoms with Crippen molar-refractivity contribution < 1.29 is 19.1 Å². The van der Waals surface area contributed by atoms with Crippen molar-refractivity contribution in [3.05, 3.63) is 34.1 Å². The first-order valence-electron chi connectivity index (χ1n) is 4.84. The van der Waals surface area contributed by atoms with Gasteiger partial charge in [-0.3, -0.25) is 9.59 Å². The minimum atomic E-state index is -1.04. The molecular formula is C11H11BrFNO3. The highest BCUT2D eigenvalue weighted by atomic mass is 79.9. The van der Waals surface area contributed by atoms with Gasteiger partial charge in [-0.2, -0.15) is 0 Å². The van der Waals surface area contributed by atoms with E-state index in [0.717, 1.165) is 0 Å². The van der Waals surface area contributed by atoms with E-state index in [1.807, 2.05) is 0 Å². The minimum absolute atomic E-state index is 0.232. The molecule has 0 bridgehead atoms. The van der Waals surface area contributed by atoms with Crippen LogP contribution < -0.4 is 5.32 Å². The first-order valence-corrected chi connectivity index (χ1v) is 5.63. The van der Waals surface area contributed by atoms with Crippen molar-refractivity contribution in [2.24, 2.45) is 0 Å². The van der Waals surface area contributed by atoms with E-state index in [9.17, 15) is 14.0 Å². The standard InChI is InChI=1S/C11H11BrFNO3/c1-6(15)14-10(5-11(16)17)7-2-3-9(13)8(12)4-7/h2-4,10H,5H2,1H3,(H,14,15)(H,16,17)/t10-/m0/s1. The van der Waals surface area contributed by atoms with Gasteiger partial charge in [0.15, 0.2) is 0 Å². The Morgan fingerprint density at radius 1 is 1.53 bits per heavy atom. The van der Waals surface area contributed by atoms with Crippen LogP contribution in [0.3, 0.4) is 0 Å². The zero-order valence-corrected chi connectivity index (χ0v) is 10.6. The molecule has 0 aliphatic heterocycles. The van der Waals surface area contributed by atoms with E-state index < -0.39 is 17.8 Å². The average Bonchev–Trinajstić information content (AvgIpc) is 2.19. The second-order valence-corrected chi connectivity index (χ2v) is 4.38. The van der Waals surface area contributed by atoms with Crippen LogP contribution >= 0.6 is 15.9 Å². The molecule has 2 N–H and O–H groups in total. The Labute approximate surface area is 106 Å². The van der Waals surface area contributed by atoms with Crippen molar-refractivity contribution in [1.29, 1.82) is 0 Å². The van der Waals surface area contributed by atoms with Crippen LogP contribution in [0.15, 0.2) is 22.7 Å². The highest BCUT2D eigenvalue weighted by Gasteiger charge is 2.17. The third-order valence-electron chi connectivity index (χ3n) is 2.10. The van der Waals surface area contributed by atoms with Crippen LogP contribution in [0.2, 0.25) is 0 Å². The Morgan fingerprint density at radius 2 is 2.18 bits per heavy atom. The number of benzene rings is 1. The third-order valence-corrected chi connectivity index (χ3v) is 2.71. The number of hydrogen-bond donors (Lipinski definition) is 2. The second-order valence-electron chi connectivity index (χ2n) is 3.52. The molecule has 0 aliphatic carbocycles. The van der Waals surface area contributed by atoms with Gasteiger partial charge in [0.2, 0.25) is 5.91 Å². The number of carbonyl (C=O) groups is 2. The lowest BCUT2D eigenvalue weighted by Crippen LogP contribution is -2.28. The molecule has 4 nitrogen and oxygen atoms in total. The van der Waals surface area contributed by atoms with E-state index in [4.69, 9.17) is 5.11 Å². The lowest BCUT2D eigenvalue weighted by molar-refractivity contribution is -0.137. The van der Waals surface area contributed by atoms with E-state index >= 15 is 0 Å². The van der Waals surface area contributed by atoms with Gasteiger partial charge in [0.05, 0.1) is 16.9 Å². The van der Waals surface area contributed by atoms with Gasteiger partial charge in [-0.25, -0.2) is 4.39 Å². The molecule has 0 heterocycles. The largest absolute Gasteiger partial charge is 0.481 e. The Balaban J connectivity index is 2.98. The number of carboxylic acid groups (broad SMARTS) is 1. The molecule has 1 rings (SSSR count). The van der Waals surface area contributed by atoms with E-state index in [-0.39, 0.29) is 16.8 Å². The van der Waals surface area contributed by atoms with Crippen molar-refractivity contribution in [2.75, 3.05) is 0 Å². The highest BCUT2D eigenvalue weighted by molar-refractivity contribution is 9.10. The summed E-state index contributed by atoms with van der Waals surface area (Å²) in [6.07, 6.45) is -0.252. The molecule has 0 aliphatic rings. The number of halogens is 2. The fourth-order valence-corrected chi connectivity index (χ4v) is 1.80. The number of aliphatic carboxylic acids is 1. The molecule has 0 saturated carbocycles. The average molecular weight is 304 g/mol. The summed E-state index contributed by atoms with van der Waals surface area (Å²) in [5, 5.41) is 11.3. The molecule has 0 spiro atoms. The van der Waals surface area contributed by atoms with E-state index in [0.29, 0.717) is 5.56 Å². The highest BCUT2D eigenvalue weighted by Crippen LogP contribution is 2.23. The van der Waals surface area contributed by atoms with Crippen LogP contribution in [0.4, 0.5) is 4.39 Å². The molecule has 17 heavy (non-hydrogen) atoms. The van der Waals surface area contributed by atoms with E-state index in [1.54, 1.807) is 0 Å². The molecule has 0 unspecified atom stereocenters. The van der Waals surface area contributed by atoms with Crippen LogP contribution in [0.1, 0.15) is 24.9 Å². The zero-order chi connectivity index (χ0) is 13.0. The van der Waals surface area contributed by atoms with Gasteiger partial charge in [0, 0.05) is 6.92 Å². The molecule has 0 fully saturated rings. The maximum absolute atomic E-state index is 13.0. The van der Waals surface area contributed by atoms with Crippen molar-refractivity contribution in [3.8, 4) is 0 Å². The van der Waals surface area contributed by atoms with Gasteiger partial charge in [0.1, 0.15) is 5.82 Å². The fourth-order valence-electron chi connectivity index (χ4n) is 1.40. The Morgan fingerprint density at radius 3 is 2.65 bits per heavy atom. The summed E-state index contributed by atoms with van der Waals surface area (Å²) < 4.78 is 13.3. The van der Waals surface area contributed by atoms with Crippen molar-refractivity contribution in [2.45, 2.75) is 19.4 Å². The first kappa shape index (κ1) is 13.6. The van der Waals surface area contributed by atoms with Gasteiger partial charge >= 0.3 is 5.97 Å². The molecule has 1 amide bonds. The van der Waals surface area contributed by atoms with Crippen LogP contribution in [-0.4, -0.2) is 17.0 Å².